The average molecular weight is 352 g/mol. The first-order chi connectivity index (χ1) is 11.9. The normalized spacial score (nSPS) is 9.96. The number of aromatic nitrogens is 3. The van der Waals surface area contributed by atoms with Crippen molar-refractivity contribution in [2.24, 2.45) is 0 Å². The first-order valence-corrected chi connectivity index (χ1v) is 8.41. The number of unbranched alkanes of at least 4 members (excludes halogenated alkanes) is 1. The van der Waals surface area contributed by atoms with Crippen LogP contribution in [0, 0.1) is 0 Å². The number of benzene rings is 1. The van der Waals surface area contributed by atoms with E-state index in [1.807, 2.05) is 30.5 Å². The molecule has 0 N–H and O–H groups in total. The highest BCUT2D eigenvalue weighted by atomic mass is 35.5. The van der Waals surface area contributed by atoms with Crippen molar-refractivity contribution in [1.82, 2.24) is 9.97 Å². The van der Waals surface area contributed by atoms with Crippen LogP contribution in [-0.2, 0) is 6.54 Å². The third kappa shape index (κ3) is 4.97. The highest BCUT2D eigenvalue weighted by molar-refractivity contribution is 6.03. The van der Waals surface area contributed by atoms with Gasteiger partial charge in [-0.25, -0.2) is 4.57 Å². The summed E-state index contributed by atoms with van der Waals surface area (Å²) in [7, 11) is 0. The molecule has 0 saturated heterocycles. The Balaban J connectivity index is 0.000000184. The molecule has 1 aromatic carbocycles. The topological polar surface area (TPSA) is 29.7 Å². The standard InChI is InChI=1S/C12H8N2.C9H14N.ClH/c1-3-9-5-6-11-10(4-2-7-13-11)12(9)14-8-1;1-2-3-7-10-8-5-4-6-9-10;/h1-8H;4-6,8-9H,2-3,7H2,1H3;1H/q;+1;/p-1. The van der Waals surface area contributed by atoms with E-state index in [9.17, 15) is 0 Å². The largest absolute Gasteiger partial charge is 1.00 e. The molecule has 0 fully saturated rings. The van der Waals surface area contributed by atoms with Gasteiger partial charge in [-0.3, -0.25) is 9.97 Å². The highest BCUT2D eigenvalue weighted by Gasteiger charge is 1.99. The highest BCUT2D eigenvalue weighted by Crippen LogP contribution is 2.20. The maximum atomic E-state index is 4.37. The molecule has 0 spiro atoms. The predicted molar refractivity (Wildman–Crippen MR) is 98.6 cm³/mol. The lowest BCUT2D eigenvalue weighted by molar-refractivity contribution is -0.697. The summed E-state index contributed by atoms with van der Waals surface area (Å²) in [5.74, 6) is 0. The fourth-order valence-corrected chi connectivity index (χ4v) is 2.62. The molecule has 4 aromatic rings. The maximum Gasteiger partial charge on any atom is 0.168 e. The molecule has 128 valence electrons. The van der Waals surface area contributed by atoms with Crippen LogP contribution in [0.1, 0.15) is 19.8 Å². The van der Waals surface area contributed by atoms with Crippen molar-refractivity contribution < 1.29 is 17.0 Å². The summed E-state index contributed by atoms with van der Waals surface area (Å²) in [6.45, 7) is 3.36. The van der Waals surface area contributed by atoms with Crippen LogP contribution in [0.5, 0.6) is 0 Å². The van der Waals surface area contributed by atoms with Crippen LogP contribution in [0.3, 0.4) is 0 Å². The maximum absolute atomic E-state index is 4.37. The Morgan fingerprint density at radius 2 is 1.60 bits per heavy atom. The molecular formula is C21H22ClN3. The molecule has 0 aliphatic heterocycles. The number of hydrogen-bond donors (Lipinski definition) is 0. The minimum Gasteiger partial charge on any atom is -1.00 e. The number of aryl methyl sites for hydroxylation is 1. The van der Waals surface area contributed by atoms with Gasteiger partial charge in [0, 0.05) is 41.7 Å². The predicted octanol–water partition coefficient (Wildman–Crippen LogP) is 1.56. The van der Waals surface area contributed by atoms with Crippen LogP contribution >= 0.6 is 0 Å². The van der Waals surface area contributed by atoms with Crippen molar-refractivity contribution in [2.75, 3.05) is 0 Å². The number of hydrogen-bond acceptors (Lipinski definition) is 2. The van der Waals surface area contributed by atoms with E-state index in [1.165, 1.54) is 12.8 Å². The van der Waals surface area contributed by atoms with Gasteiger partial charge in [-0.15, -0.1) is 0 Å². The Bertz CT molecular complexity index is 855. The fraction of sp³-hybridized carbons (Fsp3) is 0.190. The zero-order valence-corrected chi connectivity index (χ0v) is 15.1. The van der Waals surface area contributed by atoms with E-state index in [4.69, 9.17) is 0 Å². The zero-order chi connectivity index (χ0) is 16.6. The average Bonchev–Trinajstić information content (AvgIpc) is 2.67. The van der Waals surface area contributed by atoms with E-state index < -0.39 is 0 Å². The quantitative estimate of drug-likeness (QED) is 0.414. The molecule has 3 heterocycles. The van der Waals surface area contributed by atoms with Gasteiger partial charge in [-0.2, -0.15) is 0 Å². The Morgan fingerprint density at radius 1 is 0.840 bits per heavy atom. The fourth-order valence-electron chi connectivity index (χ4n) is 2.62. The van der Waals surface area contributed by atoms with Crippen LogP contribution in [0.4, 0.5) is 0 Å². The van der Waals surface area contributed by atoms with Gasteiger partial charge in [0.2, 0.25) is 0 Å². The number of rotatable bonds is 3. The molecule has 0 aliphatic rings. The van der Waals surface area contributed by atoms with Crippen molar-refractivity contribution >= 4 is 21.8 Å². The van der Waals surface area contributed by atoms with Crippen molar-refractivity contribution in [3.8, 4) is 0 Å². The molecule has 25 heavy (non-hydrogen) atoms. The van der Waals surface area contributed by atoms with Gasteiger partial charge in [-0.05, 0) is 24.3 Å². The molecule has 4 heteroatoms. The van der Waals surface area contributed by atoms with Crippen LogP contribution in [0.25, 0.3) is 21.8 Å². The molecule has 0 amide bonds. The van der Waals surface area contributed by atoms with E-state index in [0.717, 1.165) is 28.4 Å². The van der Waals surface area contributed by atoms with Gasteiger partial charge in [-0.1, -0.05) is 31.5 Å². The van der Waals surface area contributed by atoms with Crippen LogP contribution in [0.15, 0.2) is 79.4 Å². The smallest absolute Gasteiger partial charge is 0.168 e. The van der Waals surface area contributed by atoms with Gasteiger partial charge >= 0.3 is 0 Å². The van der Waals surface area contributed by atoms with E-state index in [2.05, 4.69) is 64.2 Å². The van der Waals surface area contributed by atoms with Gasteiger partial charge in [0.15, 0.2) is 12.4 Å². The van der Waals surface area contributed by atoms with E-state index in [1.54, 1.807) is 6.20 Å². The second-order valence-corrected chi connectivity index (χ2v) is 5.68. The van der Waals surface area contributed by atoms with Crippen LogP contribution in [0.2, 0.25) is 0 Å². The molecule has 3 aromatic heterocycles. The van der Waals surface area contributed by atoms with Crippen molar-refractivity contribution in [1.29, 1.82) is 0 Å². The second-order valence-electron chi connectivity index (χ2n) is 5.68. The number of nitrogens with zero attached hydrogens (tertiary/aromatic N) is 3. The Kier molecular flexibility index (Phi) is 7.30. The lowest BCUT2D eigenvalue weighted by atomic mass is 10.1. The number of pyridine rings is 3. The van der Waals surface area contributed by atoms with Gasteiger partial charge in [0.25, 0.3) is 0 Å². The zero-order valence-electron chi connectivity index (χ0n) is 14.3. The van der Waals surface area contributed by atoms with Gasteiger partial charge < -0.3 is 12.4 Å². The lowest BCUT2D eigenvalue weighted by Gasteiger charge is -2.00. The SMILES string of the molecule is CCCC[n+]1ccccc1.[Cl-].c1cnc2c(c1)ccc1ncccc12. The third-order valence-electron chi connectivity index (χ3n) is 3.90. The Morgan fingerprint density at radius 3 is 2.40 bits per heavy atom. The Hall–Kier alpha value is -2.52. The first-order valence-electron chi connectivity index (χ1n) is 8.41. The summed E-state index contributed by atoms with van der Waals surface area (Å²) < 4.78 is 2.21. The van der Waals surface area contributed by atoms with Crippen LogP contribution in [-0.4, -0.2) is 9.97 Å². The monoisotopic (exact) mass is 351 g/mol. The minimum absolute atomic E-state index is 0. The molecule has 0 unspecified atom stereocenters. The van der Waals surface area contributed by atoms with Gasteiger partial charge in [0.1, 0.15) is 6.54 Å². The number of halogens is 1. The number of fused-ring (bicyclic) bond motifs is 3. The lowest BCUT2D eigenvalue weighted by Crippen LogP contribution is -3.00. The van der Waals surface area contributed by atoms with Crippen LogP contribution < -0.4 is 17.0 Å². The molecular weight excluding hydrogens is 330 g/mol. The van der Waals surface area contributed by atoms with Crippen molar-refractivity contribution in [2.45, 2.75) is 26.3 Å². The minimum atomic E-state index is 0. The summed E-state index contributed by atoms with van der Waals surface area (Å²) in [4.78, 5) is 8.66. The van der Waals surface area contributed by atoms with E-state index in [-0.39, 0.29) is 12.4 Å². The van der Waals surface area contributed by atoms with Crippen molar-refractivity contribution in [3.63, 3.8) is 0 Å². The molecule has 0 aliphatic carbocycles. The molecule has 4 rings (SSSR count). The van der Waals surface area contributed by atoms with Crippen molar-refractivity contribution in [3.05, 3.63) is 79.4 Å². The second kappa shape index (κ2) is 9.70. The van der Waals surface area contributed by atoms with Gasteiger partial charge in [0.05, 0.1) is 11.0 Å². The molecule has 3 nitrogen and oxygen atoms in total. The summed E-state index contributed by atoms with van der Waals surface area (Å²) in [5, 5.41) is 2.28. The summed E-state index contributed by atoms with van der Waals surface area (Å²) in [6.07, 6.45) is 10.4. The van der Waals surface area contributed by atoms with E-state index in [0.29, 0.717) is 0 Å². The summed E-state index contributed by atoms with van der Waals surface area (Å²) >= 11 is 0. The summed E-state index contributed by atoms with van der Waals surface area (Å²) in [6, 6.07) is 18.3. The molecule has 0 radical (unpaired) electrons. The first kappa shape index (κ1) is 18.8. The summed E-state index contributed by atoms with van der Waals surface area (Å²) in [5.41, 5.74) is 2.02. The molecule has 0 saturated carbocycles. The van der Waals surface area contributed by atoms with E-state index >= 15 is 0 Å². The molecule has 0 bridgehead atoms. The third-order valence-corrected chi connectivity index (χ3v) is 3.90. The Labute approximate surface area is 154 Å². The molecule has 0 atom stereocenters.